The number of hydrogen-bond acceptors (Lipinski definition) is 5. The molecular formula is C9H5IN2O4. The topological polar surface area (TPSA) is 93.2 Å². The van der Waals surface area contributed by atoms with Gasteiger partial charge in [0.15, 0.2) is 0 Å². The van der Waals surface area contributed by atoms with Crippen LogP contribution in [0.3, 0.4) is 0 Å². The Morgan fingerprint density at radius 3 is 2.69 bits per heavy atom. The largest absolute Gasteiger partial charge is 0.465 e. The molecule has 16 heavy (non-hydrogen) atoms. The van der Waals surface area contributed by atoms with Gasteiger partial charge in [0.2, 0.25) is 0 Å². The second-order valence-electron chi connectivity index (χ2n) is 2.68. The van der Waals surface area contributed by atoms with Crippen LogP contribution in [-0.2, 0) is 4.74 Å². The summed E-state index contributed by atoms with van der Waals surface area (Å²) in [7, 11) is 1.15. The van der Waals surface area contributed by atoms with Gasteiger partial charge in [0, 0.05) is 6.07 Å². The van der Waals surface area contributed by atoms with Crippen molar-refractivity contribution in [1.29, 1.82) is 5.26 Å². The van der Waals surface area contributed by atoms with Crippen LogP contribution < -0.4 is 0 Å². The van der Waals surface area contributed by atoms with Gasteiger partial charge in [-0.05, 0) is 28.7 Å². The van der Waals surface area contributed by atoms with Crippen LogP contribution in [-0.4, -0.2) is 18.0 Å². The highest BCUT2D eigenvalue weighted by molar-refractivity contribution is 14.1. The van der Waals surface area contributed by atoms with Crippen molar-refractivity contribution in [1.82, 2.24) is 0 Å². The van der Waals surface area contributed by atoms with Crippen molar-refractivity contribution in [2.75, 3.05) is 7.11 Å². The summed E-state index contributed by atoms with van der Waals surface area (Å²) < 4.78 is 4.58. The van der Waals surface area contributed by atoms with Gasteiger partial charge in [0.05, 0.1) is 23.2 Å². The van der Waals surface area contributed by atoms with Crippen molar-refractivity contribution in [2.24, 2.45) is 0 Å². The Morgan fingerprint density at radius 2 is 2.25 bits per heavy atom. The van der Waals surface area contributed by atoms with E-state index in [2.05, 4.69) is 4.74 Å². The highest BCUT2D eigenvalue weighted by Crippen LogP contribution is 2.27. The fraction of sp³-hybridized carbons (Fsp3) is 0.111. The number of hydrogen-bond donors (Lipinski definition) is 0. The van der Waals surface area contributed by atoms with Crippen molar-refractivity contribution >= 4 is 34.2 Å². The first-order valence-corrected chi connectivity index (χ1v) is 5.06. The van der Waals surface area contributed by atoms with Gasteiger partial charge in [-0.15, -0.1) is 0 Å². The number of methoxy groups -OCH3 is 1. The summed E-state index contributed by atoms with van der Waals surface area (Å²) in [5, 5.41) is 19.4. The average Bonchev–Trinajstić information content (AvgIpc) is 2.26. The maximum Gasteiger partial charge on any atom is 0.340 e. The molecule has 0 atom stereocenters. The molecule has 1 aromatic carbocycles. The van der Waals surface area contributed by atoms with E-state index in [0.29, 0.717) is 0 Å². The van der Waals surface area contributed by atoms with Crippen LogP contribution in [0.1, 0.15) is 15.9 Å². The molecule has 6 nitrogen and oxygen atoms in total. The number of carbonyl (C=O) groups is 1. The molecule has 0 bridgehead atoms. The van der Waals surface area contributed by atoms with E-state index in [0.717, 1.165) is 7.11 Å². The molecule has 0 amide bonds. The van der Waals surface area contributed by atoms with Crippen LogP contribution in [0, 0.1) is 25.0 Å². The van der Waals surface area contributed by atoms with E-state index in [9.17, 15) is 14.9 Å². The molecular weight excluding hydrogens is 327 g/mol. The summed E-state index contributed by atoms with van der Waals surface area (Å²) in [6.07, 6.45) is 0. The summed E-state index contributed by atoms with van der Waals surface area (Å²) in [6.45, 7) is 0. The number of carbonyl (C=O) groups excluding carboxylic acids is 1. The number of nitriles is 1. The lowest BCUT2D eigenvalue weighted by atomic mass is 10.1. The van der Waals surface area contributed by atoms with Crippen LogP contribution in [0.25, 0.3) is 0 Å². The number of nitro benzene ring substituents is 1. The Bertz CT molecular complexity index is 507. The van der Waals surface area contributed by atoms with Gasteiger partial charge in [-0.1, -0.05) is 0 Å². The fourth-order valence-electron chi connectivity index (χ4n) is 1.10. The van der Waals surface area contributed by atoms with Gasteiger partial charge < -0.3 is 4.74 Å². The number of esters is 1. The zero-order valence-corrected chi connectivity index (χ0v) is 10.2. The van der Waals surface area contributed by atoms with Gasteiger partial charge >= 0.3 is 5.97 Å². The third-order valence-corrected chi connectivity index (χ3v) is 2.92. The number of benzene rings is 1. The lowest BCUT2D eigenvalue weighted by Gasteiger charge is -2.04. The molecule has 82 valence electrons. The SMILES string of the molecule is COC(=O)c1c(C#N)ccc([N+](=O)[O-])c1I. The maximum atomic E-state index is 11.4. The summed E-state index contributed by atoms with van der Waals surface area (Å²) in [6, 6.07) is 4.21. The molecule has 0 N–H and O–H groups in total. The molecule has 7 heteroatoms. The van der Waals surface area contributed by atoms with Crippen LogP contribution in [0.5, 0.6) is 0 Å². The Kier molecular flexibility index (Phi) is 3.78. The van der Waals surface area contributed by atoms with Crippen molar-refractivity contribution < 1.29 is 14.5 Å². The number of rotatable bonds is 2. The van der Waals surface area contributed by atoms with Crippen molar-refractivity contribution in [3.8, 4) is 6.07 Å². The molecule has 0 aromatic heterocycles. The van der Waals surface area contributed by atoms with Gasteiger partial charge in [-0.2, -0.15) is 5.26 Å². The number of ether oxygens (including phenoxy) is 1. The third kappa shape index (κ3) is 2.11. The molecule has 0 spiro atoms. The molecule has 1 aromatic rings. The van der Waals surface area contributed by atoms with Gasteiger partial charge in [0.25, 0.3) is 5.69 Å². The maximum absolute atomic E-state index is 11.4. The summed E-state index contributed by atoms with van der Waals surface area (Å²) in [4.78, 5) is 21.4. The molecule has 0 heterocycles. The van der Waals surface area contributed by atoms with Crippen LogP contribution in [0.4, 0.5) is 5.69 Å². The predicted molar refractivity (Wildman–Crippen MR) is 61.9 cm³/mol. The molecule has 0 radical (unpaired) electrons. The standard InChI is InChI=1S/C9H5IN2O4/c1-16-9(13)7-5(4-11)2-3-6(8(7)10)12(14)15/h2-3H,1H3. The Balaban J connectivity index is 3.54. The molecule has 0 aliphatic rings. The molecule has 1 rings (SSSR count). The summed E-state index contributed by atoms with van der Waals surface area (Å²) >= 11 is 1.65. The zero-order chi connectivity index (χ0) is 12.3. The van der Waals surface area contributed by atoms with Crippen LogP contribution >= 0.6 is 22.6 Å². The minimum Gasteiger partial charge on any atom is -0.465 e. The molecule has 0 saturated carbocycles. The van der Waals surface area contributed by atoms with Crippen molar-refractivity contribution in [3.63, 3.8) is 0 Å². The van der Waals surface area contributed by atoms with E-state index >= 15 is 0 Å². The Morgan fingerprint density at radius 1 is 1.62 bits per heavy atom. The van der Waals surface area contributed by atoms with E-state index in [1.165, 1.54) is 12.1 Å². The predicted octanol–water partition coefficient (Wildman–Crippen LogP) is 1.86. The highest BCUT2D eigenvalue weighted by atomic mass is 127. The van der Waals surface area contributed by atoms with E-state index in [1.807, 2.05) is 0 Å². The number of nitro groups is 1. The first-order valence-electron chi connectivity index (χ1n) is 3.98. The second kappa shape index (κ2) is 4.89. The minimum absolute atomic E-state index is 0.0573. The molecule has 0 saturated heterocycles. The summed E-state index contributed by atoms with van der Waals surface area (Å²) in [5.74, 6) is -0.760. The smallest absolute Gasteiger partial charge is 0.340 e. The number of nitrogens with zero attached hydrogens (tertiary/aromatic N) is 2. The lowest BCUT2D eigenvalue weighted by molar-refractivity contribution is -0.385. The molecule has 0 unspecified atom stereocenters. The Hall–Kier alpha value is -1.69. The first-order chi connectivity index (χ1) is 7.52. The highest BCUT2D eigenvalue weighted by Gasteiger charge is 2.24. The Labute approximate surface area is 104 Å². The monoisotopic (exact) mass is 332 g/mol. The van der Waals surface area contributed by atoms with Crippen LogP contribution in [0.15, 0.2) is 12.1 Å². The average molecular weight is 332 g/mol. The van der Waals surface area contributed by atoms with Gasteiger partial charge in [-0.25, -0.2) is 4.79 Å². The third-order valence-electron chi connectivity index (χ3n) is 1.83. The second-order valence-corrected chi connectivity index (χ2v) is 3.76. The molecule has 0 fully saturated rings. The van der Waals surface area contributed by atoms with E-state index in [1.54, 1.807) is 28.7 Å². The fourth-order valence-corrected chi connectivity index (χ4v) is 1.99. The normalized spacial score (nSPS) is 9.31. The van der Waals surface area contributed by atoms with E-state index in [4.69, 9.17) is 5.26 Å². The number of halogens is 1. The van der Waals surface area contributed by atoms with E-state index in [-0.39, 0.29) is 20.4 Å². The minimum atomic E-state index is -0.760. The van der Waals surface area contributed by atoms with Crippen molar-refractivity contribution in [2.45, 2.75) is 0 Å². The van der Waals surface area contributed by atoms with Gasteiger partial charge in [-0.3, -0.25) is 10.1 Å². The summed E-state index contributed by atoms with van der Waals surface area (Å²) in [5.41, 5.74) is -0.235. The molecule has 0 aliphatic heterocycles. The molecule has 0 aliphatic carbocycles. The first kappa shape index (κ1) is 12.4. The van der Waals surface area contributed by atoms with E-state index < -0.39 is 10.9 Å². The van der Waals surface area contributed by atoms with Crippen molar-refractivity contribution in [3.05, 3.63) is 36.9 Å². The van der Waals surface area contributed by atoms with Gasteiger partial charge in [0.1, 0.15) is 9.64 Å². The van der Waals surface area contributed by atoms with Crippen LogP contribution in [0.2, 0.25) is 0 Å². The quantitative estimate of drug-likeness (QED) is 0.357. The lowest BCUT2D eigenvalue weighted by Crippen LogP contribution is -2.08. The zero-order valence-electron chi connectivity index (χ0n) is 8.06.